The van der Waals surface area contributed by atoms with E-state index >= 15 is 0 Å². The molecule has 1 nitrogen and oxygen atoms in total. The average molecular weight is 410 g/mol. The third kappa shape index (κ3) is 3.76. The summed E-state index contributed by atoms with van der Waals surface area (Å²) in [4.78, 5) is 0. The van der Waals surface area contributed by atoms with Gasteiger partial charge in [0.05, 0.1) is 5.56 Å². The first-order chi connectivity index (χ1) is 9.40. The molecule has 0 radical (unpaired) electrons. The van der Waals surface area contributed by atoms with Gasteiger partial charge in [-0.15, -0.1) is 0 Å². The fourth-order valence-corrected chi connectivity index (χ4v) is 2.53. The highest BCUT2D eigenvalue weighted by Crippen LogP contribution is 2.36. The maximum Gasteiger partial charge on any atom is 0.416 e. The van der Waals surface area contributed by atoms with Gasteiger partial charge >= 0.3 is 6.18 Å². The van der Waals surface area contributed by atoms with Crippen LogP contribution >= 0.6 is 31.9 Å². The third-order valence-electron chi connectivity index (χ3n) is 2.56. The Morgan fingerprint density at radius 1 is 1.00 bits per heavy atom. The van der Waals surface area contributed by atoms with Crippen molar-refractivity contribution in [3.05, 3.63) is 58.1 Å². The van der Waals surface area contributed by atoms with Gasteiger partial charge in [-0.2, -0.15) is 13.2 Å². The molecule has 0 aliphatic carbocycles. The number of halogens is 5. The van der Waals surface area contributed by atoms with Crippen LogP contribution in [0.5, 0.6) is 11.5 Å². The Balaban J connectivity index is 2.34. The summed E-state index contributed by atoms with van der Waals surface area (Å²) in [6.07, 6.45) is -4.40. The summed E-state index contributed by atoms with van der Waals surface area (Å²) in [5.41, 5.74) is -0.513. The molecule has 0 aliphatic heterocycles. The first-order valence-corrected chi connectivity index (χ1v) is 7.51. The van der Waals surface area contributed by atoms with E-state index in [1.807, 2.05) is 6.07 Å². The fourth-order valence-electron chi connectivity index (χ4n) is 1.67. The van der Waals surface area contributed by atoms with Gasteiger partial charge in [-0.25, -0.2) is 0 Å². The molecule has 0 atom stereocenters. The maximum absolute atomic E-state index is 12.9. The van der Waals surface area contributed by atoms with E-state index in [-0.39, 0.29) is 16.6 Å². The van der Waals surface area contributed by atoms with Gasteiger partial charge in [0, 0.05) is 9.80 Å². The molecule has 0 saturated heterocycles. The molecule has 0 spiro atoms. The van der Waals surface area contributed by atoms with E-state index in [0.29, 0.717) is 5.75 Å². The Morgan fingerprint density at radius 3 is 2.30 bits per heavy atom. The van der Waals surface area contributed by atoms with Crippen LogP contribution in [0.3, 0.4) is 0 Å². The van der Waals surface area contributed by atoms with E-state index in [1.54, 1.807) is 18.2 Å². The Kier molecular flexibility index (Phi) is 4.75. The lowest BCUT2D eigenvalue weighted by molar-refractivity contribution is -0.138. The second kappa shape index (κ2) is 6.18. The number of hydrogen-bond donors (Lipinski definition) is 0. The number of hydrogen-bond acceptors (Lipinski definition) is 1. The van der Waals surface area contributed by atoms with Gasteiger partial charge < -0.3 is 4.74 Å². The zero-order valence-corrected chi connectivity index (χ0v) is 13.2. The van der Waals surface area contributed by atoms with Crippen molar-refractivity contribution in [3.8, 4) is 11.5 Å². The van der Waals surface area contributed by atoms with E-state index in [0.717, 1.165) is 10.5 Å². The summed E-state index contributed by atoms with van der Waals surface area (Å²) in [6.45, 7) is 0. The van der Waals surface area contributed by atoms with E-state index < -0.39 is 11.7 Å². The highest BCUT2D eigenvalue weighted by atomic mass is 79.9. The van der Waals surface area contributed by atoms with Gasteiger partial charge in [-0.3, -0.25) is 0 Å². The van der Waals surface area contributed by atoms with Crippen LogP contribution in [0.1, 0.15) is 11.1 Å². The Hall–Kier alpha value is -1.01. The van der Waals surface area contributed by atoms with Crippen LogP contribution in [0.25, 0.3) is 0 Å². The maximum atomic E-state index is 12.9. The fraction of sp³-hybridized carbons (Fsp3) is 0.143. The molecule has 106 valence electrons. The van der Waals surface area contributed by atoms with Crippen LogP contribution in [0.15, 0.2) is 46.9 Å². The van der Waals surface area contributed by atoms with Crippen molar-refractivity contribution < 1.29 is 17.9 Å². The largest absolute Gasteiger partial charge is 0.457 e. The summed E-state index contributed by atoms with van der Waals surface area (Å²) >= 11 is 6.33. The Bertz CT molecular complexity index is 612. The van der Waals surface area contributed by atoms with Crippen molar-refractivity contribution >= 4 is 31.9 Å². The molecule has 0 aromatic heterocycles. The molecule has 6 heteroatoms. The lowest BCUT2D eigenvalue weighted by Crippen LogP contribution is -2.08. The first-order valence-electron chi connectivity index (χ1n) is 5.59. The summed E-state index contributed by atoms with van der Waals surface area (Å²) in [5.74, 6) is 0.624. The third-order valence-corrected chi connectivity index (χ3v) is 3.66. The quantitative estimate of drug-likeness (QED) is 0.552. The van der Waals surface area contributed by atoms with Crippen molar-refractivity contribution in [1.29, 1.82) is 0 Å². The molecular weight excluding hydrogens is 401 g/mol. The predicted molar refractivity (Wildman–Crippen MR) is 78.3 cm³/mol. The molecule has 0 saturated carbocycles. The standard InChI is InChI=1S/C14H9Br2F3O/c15-8-9-4-5-12(7-13(9)14(17,18)19)20-11-3-1-2-10(16)6-11/h1-7H,8H2. The second-order valence-electron chi connectivity index (χ2n) is 4.01. The molecule has 0 bridgehead atoms. The minimum atomic E-state index is -4.40. The van der Waals surface area contributed by atoms with E-state index in [9.17, 15) is 13.2 Å². The van der Waals surface area contributed by atoms with Crippen molar-refractivity contribution in [1.82, 2.24) is 0 Å². The van der Waals surface area contributed by atoms with Crippen molar-refractivity contribution in [2.75, 3.05) is 0 Å². The molecule has 0 N–H and O–H groups in total. The predicted octanol–water partition coefficient (Wildman–Crippen LogP) is 6.16. The van der Waals surface area contributed by atoms with Gasteiger partial charge in [0.25, 0.3) is 0 Å². The molecule has 2 aromatic rings. The van der Waals surface area contributed by atoms with E-state index in [1.165, 1.54) is 12.1 Å². The summed E-state index contributed by atoms with van der Waals surface area (Å²) in [5, 5.41) is 0.138. The average Bonchev–Trinajstić information content (AvgIpc) is 2.37. The summed E-state index contributed by atoms with van der Waals surface area (Å²) in [6, 6.07) is 10.9. The molecule has 0 amide bonds. The monoisotopic (exact) mass is 408 g/mol. The van der Waals surface area contributed by atoms with Gasteiger partial charge in [-0.05, 0) is 35.9 Å². The van der Waals surface area contributed by atoms with Crippen LogP contribution in [-0.2, 0) is 11.5 Å². The minimum absolute atomic E-state index is 0.138. The smallest absolute Gasteiger partial charge is 0.416 e. The van der Waals surface area contributed by atoms with Crippen LogP contribution < -0.4 is 4.74 Å². The van der Waals surface area contributed by atoms with Crippen molar-refractivity contribution in [2.45, 2.75) is 11.5 Å². The Labute approximate surface area is 131 Å². The number of rotatable bonds is 3. The number of alkyl halides is 4. The highest BCUT2D eigenvalue weighted by Gasteiger charge is 2.33. The highest BCUT2D eigenvalue weighted by molar-refractivity contribution is 9.10. The zero-order chi connectivity index (χ0) is 14.8. The van der Waals surface area contributed by atoms with E-state index in [2.05, 4.69) is 31.9 Å². The van der Waals surface area contributed by atoms with Gasteiger partial charge in [0.2, 0.25) is 0 Å². The summed E-state index contributed by atoms with van der Waals surface area (Å²) < 4.78 is 45.0. The molecule has 0 fully saturated rings. The SMILES string of the molecule is FC(F)(F)c1cc(Oc2cccc(Br)c2)ccc1CBr. The van der Waals surface area contributed by atoms with Crippen LogP contribution in [-0.4, -0.2) is 0 Å². The van der Waals surface area contributed by atoms with Crippen LogP contribution in [0.4, 0.5) is 13.2 Å². The topological polar surface area (TPSA) is 9.23 Å². The number of ether oxygens (including phenoxy) is 1. The second-order valence-corrected chi connectivity index (χ2v) is 5.49. The first kappa shape index (κ1) is 15.4. The van der Waals surface area contributed by atoms with Crippen molar-refractivity contribution in [2.24, 2.45) is 0 Å². The molecule has 0 aliphatic rings. The lowest BCUT2D eigenvalue weighted by Gasteiger charge is -2.13. The molecular formula is C14H9Br2F3O. The molecule has 2 rings (SSSR count). The molecule has 2 aromatic carbocycles. The van der Waals surface area contributed by atoms with Crippen molar-refractivity contribution in [3.63, 3.8) is 0 Å². The Morgan fingerprint density at radius 2 is 1.70 bits per heavy atom. The van der Waals surface area contributed by atoms with Gasteiger partial charge in [0.15, 0.2) is 0 Å². The van der Waals surface area contributed by atoms with Crippen LogP contribution in [0, 0.1) is 0 Å². The molecule has 20 heavy (non-hydrogen) atoms. The number of benzene rings is 2. The molecule has 0 heterocycles. The molecule has 0 unspecified atom stereocenters. The minimum Gasteiger partial charge on any atom is -0.457 e. The lowest BCUT2D eigenvalue weighted by atomic mass is 10.1. The van der Waals surface area contributed by atoms with Gasteiger partial charge in [-0.1, -0.05) is 44.0 Å². The van der Waals surface area contributed by atoms with E-state index in [4.69, 9.17) is 4.74 Å². The van der Waals surface area contributed by atoms with Crippen LogP contribution in [0.2, 0.25) is 0 Å². The zero-order valence-electron chi connectivity index (χ0n) is 10.0. The summed E-state index contributed by atoms with van der Waals surface area (Å²) in [7, 11) is 0. The normalized spacial score (nSPS) is 11.4. The van der Waals surface area contributed by atoms with Gasteiger partial charge in [0.1, 0.15) is 11.5 Å².